The SMILES string of the molecule is COC(=O)C1CCN(C(=O)CCC2CNC(=O)C3NCCC3N2C)CC1. The highest BCUT2D eigenvalue weighted by Gasteiger charge is 2.40. The molecule has 3 saturated heterocycles. The van der Waals surface area contributed by atoms with E-state index in [4.69, 9.17) is 4.74 Å². The lowest BCUT2D eigenvalue weighted by atomic mass is 9.96. The second kappa shape index (κ2) is 8.35. The maximum atomic E-state index is 12.6. The average Bonchev–Trinajstić information content (AvgIpc) is 3.12. The third-order valence-electron chi connectivity index (χ3n) is 6.16. The Kier molecular flexibility index (Phi) is 6.13. The smallest absolute Gasteiger partial charge is 0.308 e. The second-order valence-electron chi connectivity index (χ2n) is 7.57. The third-order valence-corrected chi connectivity index (χ3v) is 6.16. The summed E-state index contributed by atoms with van der Waals surface area (Å²) in [5.41, 5.74) is 0. The molecule has 146 valence electrons. The second-order valence-corrected chi connectivity index (χ2v) is 7.57. The van der Waals surface area contributed by atoms with Gasteiger partial charge in [0.25, 0.3) is 0 Å². The molecule has 26 heavy (non-hydrogen) atoms. The maximum absolute atomic E-state index is 12.6. The lowest BCUT2D eigenvalue weighted by Gasteiger charge is -2.33. The number of carbonyl (C=O) groups is 3. The van der Waals surface area contributed by atoms with Gasteiger partial charge in [-0.15, -0.1) is 0 Å². The molecule has 3 aliphatic rings. The molecule has 0 bridgehead atoms. The highest BCUT2D eigenvalue weighted by Crippen LogP contribution is 2.23. The van der Waals surface area contributed by atoms with Crippen molar-refractivity contribution in [2.75, 3.05) is 40.3 Å². The number of nitrogens with zero attached hydrogens (tertiary/aromatic N) is 2. The number of rotatable bonds is 4. The van der Waals surface area contributed by atoms with Crippen LogP contribution in [-0.4, -0.2) is 86.0 Å². The molecule has 0 spiro atoms. The Balaban J connectivity index is 1.48. The van der Waals surface area contributed by atoms with Crippen molar-refractivity contribution in [3.8, 4) is 0 Å². The number of fused-ring (bicyclic) bond motifs is 1. The van der Waals surface area contributed by atoms with Crippen molar-refractivity contribution in [2.24, 2.45) is 5.92 Å². The van der Waals surface area contributed by atoms with E-state index in [-0.39, 0.29) is 41.8 Å². The Morgan fingerprint density at radius 1 is 1.23 bits per heavy atom. The van der Waals surface area contributed by atoms with Crippen molar-refractivity contribution in [3.63, 3.8) is 0 Å². The Labute approximate surface area is 154 Å². The Hall–Kier alpha value is -1.67. The van der Waals surface area contributed by atoms with Crippen molar-refractivity contribution < 1.29 is 19.1 Å². The van der Waals surface area contributed by atoms with E-state index in [1.165, 1.54) is 7.11 Å². The molecule has 8 heteroatoms. The molecule has 0 aromatic rings. The van der Waals surface area contributed by atoms with Crippen LogP contribution in [0.5, 0.6) is 0 Å². The molecule has 3 unspecified atom stereocenters. The lowest BCUT2D eigenvalue weighted by Crippen LogP contribution is -2.48. The zero-order valence-electron chi connectivity index (χ0n) is 15.7. The summed E-state index contributed by atoms with van der Waals surface area (Å²) in [6.45, 7) is 2.67. The van der Waals surface area contributed by atoms with Crippen molar-refractivity contribution in [1.29, 1.82) is 0 Å². The molecule has 3 aliphatic heterocycles. The summed E-state index contributed by atoms with van der Waals surface area (Å²) < 4.78 is 4.79. The highest BCUT2D eigenvalue weighted by atomic mass is 16.5. The monoisotopic (exact) mass is 366 g/mol. The van der Waals surface area contributed by atoms with E-state index in [1.807, 2.05) is 4.90 Å². The fraction of sp³-hybridized carbons (Fsp3) is 0.833. The first-order chi connectivity index (χ1) is 12.5. The Bertz CT molecular complexity index is 547. The Morgan fingerprint density at radius 2 is 1.96 bits per heavy atom. The highest BCUT2D eigenvalue weighted by molar-refractivity contribution is 5.83. The van der Waals surface area contributed by atoms with Crippen molar-refractivity contribution >= 4 is 17.8 Å². The number of likely N-dealkylation sites (N-methyl/N-ethyl adjacent to an activating group) is 1. The van der Waals surface area contributed by atoms with Crippen LogP contribution in [0.3, 0.4) is 0 Å². The summed E-state index contributed by atoms with van der Waals surface area (Å²) in [6, 6.07) is 0.233. The van der Waals surface area contributed by atoms with E-state index < -0.39 is 0 Å². The topological polar surface area (TPSA) is 91.0 Å². The molecule has 0 radical (unpaired) electrons. The van der Waals surface area contributed by atoms with E-state index in [9.17, 15) is 14.4 Å². The third kappa shape index (κ3) is 4.01. The zero-order valence-corrected chi connectivity index (χ0v) is 15.7. The van der Waals surface area contributed by atoms with Gasteiger partial charge in [-0.05, 0) is 39.3 Å². The molecule has 0 aromatic carbocycles. The molecule has 8 nitrogen and oxygen atoms in total. The fourth-order valence-electron chi connectivity index (χ4n) is 4.42. The number of carbonyl (C=O) groups excluding carboxylic acids is 3. The number of hydrogen-bond donors (Lipinski definition) is 2. The molecule has 3 fully saturated rings. The van der Waals surface area contributed by atoms with Gasteiger partial charge in [0.1, 0.15) is 6.04 Å². The number of ether oxygens (including phenoxy) is 1. The summed E-state index contributed by atoms with van der Waals surface area (Å²) in [7, 11) is 3.47. The average molecular weight is 366 g/mol. The fourth-order valence-corrected chi connectivity index (χ4v) is 4.42. The van der Waals surface area contributed by atoms with Crippen LogP contribution in [0.1, 0.15) is 32.1 Å². The molecule has 0 aromatic heterocycles. The van der Waals surface area contributed by atoms with Crippen LogP contribution in [-0.2, 0) is 19.1 Å². The van der Waals surface area contributed by atoms with Gasteiger partial charge in [-0.25, -0.2) is 0 Å². The van der Waals surface area contributed by atoms with Crippen LogP contribution in [0.2, 0.25) is 0 Å². The number of methoxy groups -OCH3 is 1. The number of nitrogens with one attached hydrogen (secondary N) is 2. The van der Waals surface area contributed by atoms with E-state index in [0.29, 0.717) is 38.9 Å². The first kappa shape index (κ1) is 19.1. The first-order valence-electron chi connectivity index (χ1n) is 9.60. The van der Waals surface area contributed by atoms with Gasteiger partial charge >= 0.3 is 5.97 Å². The van der Waals surface area contributed by atoms with Gasteiger partial charge in [0.15, 0.2) is 0 Å². The van der Waals surface area contributed by atoms with Crippen molar-refractivity contribution in [3.05, 3.63) is 0 Å². The van der Waals surface area contributed by atoms with E-state index in [0.717, 1.165) is 19.4 Å². The quantitative estimate of drug-likeness (QED) is 0.642. The summed E-state index contributed by atoms with van der Waals surface area (Å²) in [6.07, 6.45) is 3.51. The van der Waals surface area contributed by atoms with Crippen LogP contribution in [0, 0.1) is 5.92 Å². The van der Waals surface area contributed by atoms with E-state index in [1.54, 1.807) is 0 Å². The standard InChI is InChI=1S/C18H30N4O4/c1-21-13(11-20-17(24)16-14(21)5-8-19-16)3-4-15(23)22-9-6-12(7-10-22)18(25)26-2/h12-14,16,19H,3-11H2,1-2H3,(H,20,24). The molecule has 0 saturated carbocycles. The normalized spacial score (nSPS) is 30.5. The predicted molar refractivity (Wildman–Crippen MR) is 95.3 cm³/mol. The van der Waals surface area contributed by atoms with E-state index in [2.05, 4.69) is 22.6 Å². The molecule has 0 aliphatic carbocycles. The maximum Gasteiger partial charge on any atom is 0.308 e. The van der Waals surface area contributed by atoms with Gasteiger partial charge < -0.3 is 20.3 Å². The molecule has 3 heterocycles. The van der Waals surface area contributed by atoms with Gasteiger partial charge in [0.2, 0.25) is 11.8 Å². The predicted octanol–water partition coefficient (Wildman–Crippen LogP) is -0.661. The minimum Gasteiger partial charge on any atom is -0.469 e. The number of amides is 2. The van der Waals surface area contributed by atoms with Gasteiger partial charge in [-0.2, -0.15) is 0 Å². The molecule has 2 amide bonds. The molecule has 3 atom stereocenters. The molecular weight excluding hydrogens is 336 g/mol. The first-order valence-corrected chi connectivity index (χ1v) is 9.60. The van der Waals surface area contributed by atoms with Crippen LogP contribution in [0.25, 0.3) is 0 Å². The minimum absolute atomic E-state index is 0.0676. The van der Waals surface area contributed by atoms with Crippen molar-refractivity contribution in [2.45, 2.75) is 50.2 Å². The summed E-state index contributed by atoms with van der Waals surface area (Å²) in [5.74, 6) is -0.0526. The number of esters is 1. The molecule has 3 rings (SSSR count). The van der Waals surface area contributed by atoms with E-state index >= 15 is 0 Å². The molecule has 2 N–H and O–H groups in total. The lowest BCUT2D eigenvalue weighted by molar-refractivity contribution is -0.149. The van der Waals surface area contributed by atoms with Gasteiger partial charge in [-0.1, -0.05) is 0 Å². The number of likely N-dealkylation sites (tertiary alicyclic amines) is 1. The van der Waals surface area contributed by atoms with Crippen LogP contribution in [0.15, 0.2) is 0 Å². The minimum atomic E-state index is -0.173. The van der Waals surface area contributed by atoms with Crippen LogP contribution in [0.4, 0.5) is 0 Å². The largest absolute Gasteiger partial charge is 0.469 e. The van der Waals surface area contributed by atoms with Crippen LogP contribution >= 0.6 is 0 Å². The summed E-state index contributed by atoms with van der Waals surface area (Å²) >= 11 is 0. The molecular formula is C18H30N4O4. The van der Waals surface area contributed by atoms with Gasteiger partial charge in [0, 0.05) is 38.1 Å². The van der Waals surface area contributed by atoms with Crippen molar-refractivity contribution in [1.82, 2.24) is 20.4 Å². The number of piperidine rings is 1. The Morgan fingerprint density at radius 3 is 2.65 bits per heavy atom. The number of hydrogen-bond acceptors (Lipinski definition) is 6. The summed E-state index contributed by atoms with van der Waals surface area (Å²) in [4.78, 5) is 40.4. The van der Waals surface area contributed by atoms with Crippen LogP contribution < -0.4 is 10.6 Å². The van der Waals surface area contributed by atoms with Gasteiger partial charge in [0.05, 0.1) is 13.0 Å². The zero-order chi connectivity index (χ0) is 18.7. The van der Waals surface area contributed by atoms with Gasteiger partial charge in [-0.3, -0.25) is 19.3 Å². The summed E-state index contributed by atoms with van der Waals surface area (Å²) in [5, 5.41) is 6.27.